The van der Waals surface area contributed by atoms with Crippen molar-refractivity contribution in [1.29, 1.82) is 16.2 Å². The Kier molecular flexibility index (Phi) is 10.8. The van der Waals surface area contributed by atoms with Crippen molar-refractivity contribution in [2.24, 2.45) is 10.4 Å². The van der Waals surface area contributed by atoms with E-state index in [4.69, 9.17) is 26.0 Å². The number of aliphatic imine (C=N–C) groups is 1. The molecular formula is C37H48N8O3. The number of rotatable bonds is 7. The van der Waals surface area contributed by atoms with Crippen LogP contribution in [0.5, 0.6) is 5.75 Å². The predicted octanol–water partition coefficient (Wildman–Crippen LogP) is 6.00. The van der Waals surface area contributed by atoms with Gasteiger partial charge >= 0.3 is 6.03 Å². The summed E-state index contributed by atoms with van der Waals surface area (Å²) in [5, 5.41) is 41.8. The molecule has 0 spiro atoms. The average Bonchev–Trinajstić information content (AvgIpc) is 3.05. The Morgan fingerprint density at radius 2 is 1.75 bits per heavy atom. The number of pyridine rings is 1. The molecule has 2 aliphatic rings. The van der Waals surface area contributed by atoms with Crippen molar-refractivity contribution in [3.63, 3.8) is 0 Å². The Bertz CT molecular complexity index is 1720. The van der Waals surface area contributed by atoms with Crippen LogP contribution < -0.4 is 20.9 Å². The van der Waals surface area contributed by atoms with Crippen LogP contribution in [0, 0.1) is 28.6 Å². The second-order valence-corrected chi connectivity index (χ2v) is 13.9. The number of amidine groups is 1. The Morgan fingerprint density at radius 3 is 2.46 bits per heavy atom. The number of nitrogens with one attached hydrogen (secondary N) is 5. The van der Waals surface area contributed by atoms with Gasteiger partial charge in [-0.1, -0.05) is 62.7 Å². The summed E-state index contributed by atoms with van der Waals surface area (Å²) in [4.78, 5) is 19.9. The van der Waals surface area contributed by atoms with Crippen LogP contribution in [0.4, 0.5) is 10.5 Å². The van der Waals surface area contributed by atoms with Crippen LogP contribution in [0.25, 0.3) is 0 Å². The Balaban J connectivity index is 1.26. The number of carbonyl (C=O) groups is 1. The highest BCUT2D eigenvalue weighted by Gasteiger charge is 2.29. The van der Waals surface area contributed by atoms with Crippen molar-refractivity contribution >= 4 is 29.2 Å². The van der Waals surface area contributed by atoms with Gasteiger partial charge in [0.1, 0.15) is 17.1 Å². The van der Waals surface area contributed by atoms with Crippen LogP contribution in [0.1, 0.15) is 81.5 Å². The highest BCUT2D eigenvalue weighted by Crippen LogP contribution is 2.37. The second kappa shape index (κ2) is 15.0. The maximum atomic E-state index is 13.4. The lowest BCUT2D eigenvalue weighted by Gasteiger charge is -2.33. The van der Waals surface area contributed by atoms with Crippen LogP contribution in [-0.4, -0.2) is 63.9 Å². The Hall–Kier alpha value is -4.77. The fourth-order valence-corrected chi connectivity index (χ4v) is 6.08. The molecule has 0 saturated carbocycles. The number of aliphatic hydroxyl groups excluding tert-OH is 1. The van der Waals surface area contributed by atoms with E-state index in [1.807, 2.05) is 70.2 Å². The summed E-state index contributed by atoms with van der Waals surface area (Å²) in [6, 6.07) is 18.6. The van der Waals surface area contributed by atoms with Gasteiger partial charge in [-0.3, -0.25) is 20.7 Å². The van der Waals surface area contributed by atoms with E-state index >= 15 is 0 Å². The molecule has 1 saturated heterocycles. The van der Waals surface area contributed by atoms with E-state index in [9.17, 15) is 9.90 Å². The highest BCUT2D eigenvalue weighted by molar-refractivity contribution is 6.09. The molecule has 254 valence electrons. The number of β-amino-alcohol motifs (C(OH)–C–C–N with tert-alkyl or cyclic N) is 1. The number of aryl methyl sites for hydroxylation is 1. The number of nitrogens with zero attached hydrogens (tertiary/aromatic N) is 3. The molecule has 48 heavy (non-hydrogen) atoms. The average molecular weight is 653 g/mol. The molecule has 1 aliphatic heterocycles. The minimum absolute atomic E-state index is 0.0917. The normalized spacial score (nSPS) is 19.6. The minimum Gasteiger partial charge on any atom is -0.491 e. The van der Waals surface area contributed by atoms with Crippen LogP contribution in [0.15, 0.2) is 71.9 Å². The second-order valence-electron chi connectivity index (χ2n) is 13.9. The van der Waals surface area contributed by atoms with Crippen LogP contribution >= 0.6 is 0 Å². The first-order valence-corrected chi connectivity index (χ1v) is 16.7. The van der Waals surface area contributed by atoms with Crippen molar-refractivity contribution in [3.05, 3.63) is 89.0 Å². The molecule has 3 atom stereocenters. The third-order valence-electron chi connectivity index (χ3n) is 9.02. The smallest absolute Gasteiger partial charge is 0.320 e. The molecule has 1 fully saturated rings. The zero-order valence-corrected chi connectivity index (χ0v) is 28.3. The van der Waals surface area contributed by atoms with E-state index in [0.29, 0.717) is 49.1 Å². The number of hydrogen-bond donors (Lipinski definition) is 6. The SMILES string of the molecule is Cc1ccc(N=C(CC(=N)C(C)(C)C)NC(=O)NC2CCC(COc3ccc(=N)n(C(=N)N4CCCC(O)C4)c3)c3ccccc32)cc1. The van der Waals surface area contributed by atoms with Crippen molar-refractivity contribution in [2.75, 3.05) is 19.7 Å². The van der Waals surface area contributed by atoms with Gasteiger partial charge in [-0.2, -0.15) is 0 Å². The number of aromatic nitrogens is 1. The molecule has 3 aromatic rings. The van der Waals surface area contributed by atoms with Crippen LogP contribution in [0.2, 0.25) is 0 Å². The molecule has 11 nitrogen and oxygen atoms in total. The fraction of sp³-hybridized carbons (Fsp3) is 0.432. The van der Waals surface area contributed by atoms with Gasteiger partial charge in [0, 0.05) is 31.1 Å². The summed E-state index contributed by atoms with van der Waals surface area (Å²) < 4.78 is 7.74. The molecule has 0 bridgehead atoms. The first kappa shape index (κ1) is 34.6. The summed E-state index contributed by atoms with van der Waals surface area (Å²) >= 11 is 0. The molecule has 0 radical (unpaired) electrons. The summed E-state index contributed by atoms with van der Waals surface area (Å²) in [5.74, 6) is 1.23. The van der Waals surface area contributed by atoms with Gasteiger partial charge < -0.3 is 25.5 Å². The lowest BCUT2D eigenvalue weighted by molar-refractivity contribution is 0.101. The molecule has 2 amide bonds. The third-order valence-corrected chi connectivity index (χ3v) is 9.02. The molecular weight excluding hydrogens is 604 g/mol. The van der Waals surface area contributed by atoms with E-state index in [2.05, 4.69) is 16.7 Å². The molecule has 2 aromatic carbocycles. The van der Waals surface area contributed by atoms with Crippen LogP contribution in [0.3, 0.4) is 0 Å². The summed E-state index contributed by atoms with van der Waals surface area (Å²) in [7, 11) is 0. The molecule has 2 heterocycles. The lowest BCUT2D eigenvalue weighted by Crippen LogP contribution is -2.47. The third kappa shape index (κ3) is 8.77. The number of aliphatic hydroxyl groups is 1. The minimum atomic E-state index is -0.471. The van der Waals surface area contributed by atoms with Gasteiger partial charge in [0.25, 0.3) is 0 Å². The monoisotopic (exact) mass is 652 g/mol. The first-order chi connectivity index (χ1) is 22.9. The lowest BCUT2D eigenvalue weighted by atomic mass is 9.80. The number of carbonyl (C=O) groups excluding carboxylic acids is 1. The first-order valence-electron chi connectivity index (χ1n) is 16.7. The Morgan fingerprint density at radius 1 is 1.02 bits per heavy atom. The standard InChI is InChI=1S/C37H48N8O3/c1-24-11-14-26(15-12-24)41-34(20-32(38)37(2,3)4)43-36(47)42-31-17-13-25(29-9-5-6-10-30(29)31)23-48-28-16-18-33(39)45(22-28)35(40)44-19-7-8-27(46)21-44/h5-6,9-12,14-16,18,22,25,27,31,38-40,46H,7-8,13,17,19-21,23H2,1-4H3,(H2,41,42,43,47). The van der Waals surface area contributed by atoms with Gasteiger partial charge in [-0.15, -0.1) is 0 Å². The van der Waals surface area contributed by atoms with E-state index in [1.54, 1.807) is 23.2 Å². The van der Waals surface area contributed by atoms with Gasteiger partial charge in [0.15, 0.2) is 0 Å². The van der Waals surface area contributed by atoms with E-state index in [1.165, 1.54) is 4.57 Å². The number of amides is 2. The number of likely N-dealkylation sites (tertiary alicyclic amines) is 1. The molecule has 5 rings (SSSR count). The van der Waals surface area contributed by atoms with Crippen LogP contribution in [-0.2, 0) is 0 Å². The number of urea groups is 1. The number of ether oxygens (including phenoxy) is 1. The van der Waals surface area contributed by atoms with Gasteiger partial charge in [0.2, 0.25) is 5.96 Å². The molecule has 1 aliphatic carbocycles. The quantitative estimate of drug-likeness (QED) is 0.136. The molecule has 3 unspecified atom stereocenters. The summed E-state index contributed by atoms with van der Waals surface area (Å²) in [5.41, 5.74) is 4.27. The summed E-state index contributed by atoms with van der Waals surface area (Å²) in [6.45, 7) is 9.40. The van der Waals surface area contributed by atoms with Gasteiger partial charge in [0.05, 0.1) is 30.6 Å². The number of piperidine rings is 1. The number of benzene rings is 2. The number of fused-ring (bicyclic) bond motifs is 1. The maximum absolute atomic E-state index is 13.4. The predicted molar refractivity (Wildman–Crippen MR) is 189 cm³/mol. The maximum Gasteiger partial charge on any atom is 0.320 e. The number of hydrogen-bond acceptors (Lipinski definition) is 7. The van der Waals surface area contributed by atoms with E-state index < -0.39 is 6.10 Å². The van der Waals surface area contributed by atoms with E-state index in [0.717, 1.165) is 36.0 Å². The van der Waals surface area contributed by atoms with Gasteiger partial charge in [-0.05, 0) is 73.4 Å². The summed E-state index contributed by atoms with van der Waals surface area (Å²) in [6.07, 6.45) is 4.46. The van der Waals surface area contributed by atoms with Gasteiger partial charge in [-0.25, -0.2) is 9.79 Å². The fourth-order valence-electron chi connectivity index (χ4n) is 6.08. The van der Waals surface area contributed by atoms with Crippen molar-refractivity contribution in [1.82, 2.24) is 20.1 Å². The van der Waals surface area contributed by atoms with Crippen molar-refractivity contribution < 1.29 is 14.6 Å². The molecule has 1 aromatic heterocycles. The van der Waals surface area contributed by atoms with Crippen molar-refractivity contribution in [2.45, 2.75) is 77.9 Å². The zero-order chi connectivity index (χ0) is 34.4. The topological polar surface area (TPSA) is 163 Å². The molecule has 6 N–H and O–H groups in total. The zero-order valence-electron chi connectivity index (χ0n) is 28.3. The van der Waals surface area contributed by atoms with Crippen molar-refractivity contribution in [3.8, 4) is 5.75 Å². The molecule has 11 heteroatoms. The largest absolute Gasteiger partial charge is 0.491 e. The van der Waals surface area contributed by atoms with E-state index in [-0.39, 0.29) is 41.3 Å². The Labute approximate surface area is 282 Å². The highest BCUT2D eigenvalue weighted by atomic mass is 16.5.